The highest BCUT2D eigenvalue weighted by molar-refractivity contribution is 5.74. The molecular formula is C23H30N2O4. The first kappa shape index (κ1) is 20.8. The summed E-state index contributed by atoms with van der Waals surface area (Å²) in [6, 6.07) is 14.2. The molecule has 0 bridgehead atoms. The summed E-state index contributed by atoms with van der Waals surface area (Å²) < 4.78 is 16.1. The number of ether oxygens (including phenoxy) is 3. The number of hydrogen-bond acceptors (Lipinski definition) is 4. The standard InChI is InChI=1S/C23H30N2O4/c1-27-20-14-19(15-21(28-2)22(20)29-3)16-24-23(26)25-11-9-18(10-12-25)13-17-7-5-4-6-8-17/h4-8,14-15,18H,9-13,16H2,1-3H3,(H,24,26). The summed E-state index contributed by atoms with van der Waals surface area (Å²) in [6.45, 7) is 1.98. The summed E-state index contributed by atoms with van der Waals surface area (Å²) in [7, 11) is 4.74. The molecule has 0 aliphatic carbocycles. The number of nitrogens with one attached hydrogen (secondary N) is 1. The second kappa shape index (κ2) is 10.0. The summed E-state index contributed by atoms with van der Waals surface area (Å²) in [5.41, 5.74) is 2.27. The molecule has 3 rings (SSSR count). The second-order valence-corrected chi connectivity index (χ2v) is 7.31. The quantitative estimate of drug-likeness (QED) is 0.769. The summed E-state index contributed by atoms with van der Waals surface area (Å²) >= 11 is 0. The molecule has 156 valence electrons. The van der Waals surface area contributed by atoms with Crippen molar-refractivity contribution >= 4 is 6.03 Å². The van der Waals surface area contributed by atoms with Gasteiger partial charge < -0.3 is 24.4 Å². The third-order valence-corrected chi connectivity index (χ3v) is 5.44. The van der Waals surface area contributed by atoms with Gasteiger partial charge in [0.15, 0.2) is 11.5 Å². The molecule has 2 aromatic rings. The van der Waals surface area contributed by atoms with Gasteiger partial charge in [-0.25, -0.2) is 4.79 Å². The first-order valence-corrected chi connectivity index (χ1v) is 10.00. The van der Waals surface area contributed by atoms with Crippen molar-refractivity contribution in [2.24, 2.45) is 5.92 Å². The Balaban J connectivity index is 1.51. The minimum atomic E-state index is -0.0306. The first-order chi connectivity index (χ1) is 14.1. The van der Waals surface area contributed by atoms with Crippen molar-refractivity contribution in [3.05, 3.63) is 53.6 Å². The lowest BCUT2D eigenvalue weighted by Crippen LogP contribution is -2.44. The van der Waals surface area contributed by atoms with E-state index >= 15 is 0 Å². The number of piperidine rings is 1. The Bertz CT molecular complexity index is 777. The van der Waals surface area contributed by atoms with Crippen molar-refractivity contribution in [2.45, 2.75) is 25.8 Å². The molecule has 0 atom stereocenters. The number of likely N-dealkylation sites (tertiary alicyclic amines) is 1. The van der Waals surface area contributed by atoms with E-state index in [1.807, 2.05) is 23.1 Å². The van der Waals surface area contributed by atoms with Gasteiger partial charge in [-0.3, -0.25) is 0 Å². The van der Waals surface area contributed by atoms with E-state index in [2.05, 4.69) is 29.6 Å². The molecule has 0 aromatic heterocycles. The molecule has 0 saturated carbocycles. The maximum atomic E-state index is 12.6. The van der Waals surface area contributed by atoms with Crippen LogP contribution in [-0.4, -0.2) is 45.3 Å². The zero-order valence-electron chi connectivity index (χ0n) is 17.4. The van der Waals surface area contributed by atoms with E-state index in [-0.39, 0.29) is 6.03 Å². The number of carbonyl (C=O) groups excluding carboxylic acids is 1. The molecule has 6 heteroatoms. The van der Waals surface area contributed by atoms with Crippen LogP contribution >= 0.6 is 0 Å². The molecule has 1 N–H and O–H groups in total. The molecule has 0 spiro atoms. The van der Waals surface area contributed by atoms with Gasteiger partial charge in [0, 0.05) is 19.6 Å². The Morgan fingerprint density at radius 1 is 0.966 bits per heavy atom. The molecular weight excluding hydrogens is 368 g/mol. The van der Waals surface area contributed by atoms with Gasteiger partial charge in [-0.2, -0.15) is 0 Å². The number of hydrogen-bond donors (Lipinski definition) is 1. The van der Waals surface area contributed by atoms with Crippen molar-refractivity contribution < 1.29 is 19.0 Å². The third-order valence-electron chi connectivity index (χ3n) is 5.44. The maximum absolute atomic E-state index is 12.6. The zero-order valence-corrected chi connectivity index (χ0v) is 17.4. The monoisotopic (exact) mass is 398 g/mol. The Morgan fingerprint density at radius 3 is 2.14 bits per heavy atom. The van der Waals surface area contributed by atoms with Crippen LogP contribution in [0.15, 0.2) is 42.5 Å². The molecule has 2 amide bonds. The highest BCUT2D eigenvalue weighted by Crippen LogP contribution is 2.38. The highest BCUT2D eigenvalue weighted by atomic mass is 16.5. The molecule has 1 aliphatic heterocycles. The zero-order chi connectivity index (χ0) is 20.6. The predicted molar refractivity (Wildman–Crippen MR) is 113 cm³/mol. The van der Waals surface area contributed by atoms with E-state index in [0.717, 1.165) is 37.9 Å². The van der Waals surface area contributed by atoms with Crippen molar-refractivity contribution in [3.8, 4) is 17.2 Å². The smallest absolute Gasteiger partial charge is 0.317 e. The Hall–Kier alpha value is -2.89. The summed E-state index contributed by atoms with van der Waals surface area (Å²) in [6.07, 6.45) is 3.15. The Kier molecular flexibility index (Phi) is 7.22. The van der Waals surface area contributed by atoms with E-state index in [1.54, 1.807) is 21.3 Å². The second-order valence-electron chi connectivity index (χ2n) is 7.31. The summed E-state index contributed by atoms with van der Waals surface area (Å²) in [4.78, 5) is 14.5. The Morgan fingerprint density at radius 2 is 1.59 bits per heavy atom. The van der Waals surface area contributed by atoms with Crippen molar-refractivity contribution in [2.75, 3.05) is 34.4 Å². The number of methoxy groups -OCH3 is 3. The number of urea groups is 1. The molecule has 1 fully saturated rings. The van der Waals surface area contributed by atoms with Gasteiger partial charge >= 0.3 is 6.03 Å². The van der Waals surface area contributed by atoms with Crippen LogP contribution in [0, 0.1) is 5.92 Å². The fourth-order valence-corrected chi connectivity index (χ4v) is 3.81. The lowest BCUT2D eigenvalue weighted by atomic mass is 9.90. The SMILES string of the molecule is COc1cc(CNC(=O)N2CCC(Cc3ccccc3)CC2)cc(OC)c1OC. The molecule has 29 heavy (non-hydrogen) atoms. The van der Waals surface area contributed by atoms with Gasteiger partial charge in [0.25, 0.3) is 0 Å². The van der Waals surface area contributed by atoms with Crippen LogP contribution in [0.3, 0.4) is 0 Å². The number of benzene rings is 2. The maximum Gasteiger partial charge on any atom is 0.317 e. The molecule has 0 radical (unpaired) electrons. The summed E-state index contributed by atoms with van der Waals surface area (Å²) in [5, 5.41) is 3.01. The average molecular weight is 399 g/mol. The molecule has 1 aliphatic rings. The normalized spacial score (nSPS) is 14.4. The number of rotatable bonds is 7. The van der Waals surface area contributed by atoms with Crippen LogP contribution in [-0.2, 0) is 13.0 Å². The fourth-order valence-electron chi connectivity index (χ4n) is 3.81. The molecule has 1 saturated heterocycles. The van der Waals surface area contributed by atoms with Gasteiger partial charge in [0.1, 0.15) is 0 Å². The third kappa shape index (κ3) is 5.34. The van der Waals surface area contributed by atoms with Gasteiger partial charge in [-0.15, -0.1) is 0 Å². The van der Waals surface area contributed by atoms with Gasteiger partial charge in [-0.1, -0.05) is 30.3 Å². The first-order valence-electron chi connectivity index (χ1n) is 10.00. The van der Waals surface area contributed by atoms with Crippen molar-refractivity contribution in [1.82, 2.24) is 10.2 Å². The van der Waals surface area contributed by atoms with Gasteiger partial charge in [0.2, 0.25) is 5.75 Å². The fraction of sp³-hybridized carbons (Fsp3) is 0.435. The van der Waals surface area contributed by atoms with Crippen molar-refractivity contribution in [1.29, 1.82) is 0 Å². The summed E-state index contributed by atoms with van der Waals surface area (Å²) in [5.74, 6) is 2.35. The molecule has 2 aromatic carbocycles. The minimum absolute atomic E-state index is 0.0306. The number of amides is 2. The van der Waals surface area contributed by atoms with Gasteiger partial charge in [-0.05, 0) is 48.4 Å². The van der Waals surface area contributed by atoms with E-state index in [0.29, 0.717) is 29.7 Å². The highest BCUT2D eigenvalue weighted by Gasteiger charge is 2.23. The number of carbonyl (C=O) groups is 1. The average Bonchev–Trinajstić information content (AvgIpc) is 2.77. The van der Waals surface area contributed by atoms with Gasteiger partial charge in [0.05, 0.1) is 21.3 Å². The van der Waals surface area contributed by atoms with Crippen LogP contribution in [0.1, 0.15) is 24.0 Å². The van der Waals surface area contributed by atoms with E-state index in [4.69, 9.17) is 14.2 Å². The lowest BCUT2D eigenvalue weighted by Gasteiger charge is -2.32. The lowest BCUT2D eigenvalue weighted by molar-refractivity contribution is 0.170. The van der Waals surface area contributed by atoms with E-state index < -0.39 is 0 Å². The van der Waals surface area contributed by atoms with Crippen LogP contribution in [0.5, 0.6) is 17.2 Å². The van der Waals surface area contributed by atoms with Crippen molar-refractivity contribution in [3.63, 3.8) is 0 Å². The van der Waals surface area contributed by atoms with E-state index in [1.165, 1.54) is 5.56 Å². The number of nitrogens with zero attached hydrogens (tertiary/aromatic N) is 1. The molecule has 0 unspecified atom stereocenters. The largest absolute Gasteiger partial charge is 0.493 e. The van der Waals surface area contributed by atoms with E-state index in [9.17, 15) is 4.79 Å². The molecule has 1 heterocycles. The van der Waals surface area contributed by atoms with Crippen LogP contribution < -0.4 is 19.5 Å². The Labute approximate surface area is 172 Å². The predicted octanol–water partition coefficient (Wildman–Crippen LogP) is 3.88. The van der Waals surface area contributed by atoms with Crippen LogP contribution in [0.4, 0.5) is 4.79 Å². The van der Waals surface area contributed by atoms with Crippen LogP contribution in [0.25, 0.3) is 0 Å². The molecule has 6 nitrogen and oxygen atoms in total. The topological polar surface area (TPSA) is 60.0 Å². The minimum Gasteiger partial charge on any atom is -0.493 e. The van der Waals surface area contributed by atoms with Crippen LogP contribution in [0.2, 0.25) is 0 Å².